The molecule has 4 N–H and O–H groups in total. The summed E-state index contributed by atoms with van der Waals surface area (Å²) in [4.78, 5) is 10.9. The lowest BCUT2D eigenvalue weighted by Crippen LogP contribution is -2.01. The Hall–Kier alpha value is -6.40. The van der Waals surface area contributed by atoms with Gasteiger partial charge in [0.25, 0.3) is 0 Å². The lowest BCUT2D eigenvalue weighted by atomic mass is 9.96. The first-order valence-corrected chi connectivity index (χ1v) is 16.8. The molecule has 0 bridgehead atoms. The molecule has 0 aliphatic carbocycles. The summed E-state index contributed by atoms with van der Waals surface area (Å²) in [5, 5.41) is 13.2. The number of nitrogens with zero attached hydrogens (tertiary/aromatic N) is 2. The largest absolute Gasteiger partial charge is 0.388 e. The van der Waals surface area contributed by atoms with Crippen LogP contribution in [0.15, 0.2) is 146 Å². The second kappa shape index (κ2) is 14.4. The Morgan fingerprint density at radius 2 is 0.640 bits per heavy atom. The smallest absolute Gasteiger partial charge is 0.0973 e. The van der Waals surface area contributed by atoms with Crippen molar-refractivity contribution < 1.29 is 0 Å². The quantitative estimate of drug-likeness (QED) is 0.118. The van der Waals surface area contributed by atoms with Gasteiger partial charge in [-0.05, 0) is 47.5 Å². The number of benzene rings is 6. The van der Waals surface area contributed by atoms with Gasteiger partial charge in [-0.25, -0.2) is 9.97 Å². The molecule has 0 aliphatic rings. The van der Waals surface area contributed by atoms with Crippen LogP contribution in [0.5, 0.6) is 0 Å². The van der Waals surface area contributed by atoms with Crippen molar-refractivity contribution in [3.8, 4) is 67.3 Å². The van der Waals surface area contributed by atoms with Gasteiger partial charge in [0.2, 0.25) is 0 Å². The first-order chi connectivity index (χ1) is 24.6. The molecule has 50 heavy (non-hydrogen) atoms. The molecule has 6 aromatic carbocycles. The molecule has 6 nitrogen and oxygen atoms in total. The summed E-state index contributed by atoms with van der Waals surface area (Å²) in [5.74, 6) is 0. The van der Waals surface area contributed by atoms with Crippen molar-refractivity contribution in [1.82, 2.24) is 9.97 Å². The SMILES string of the molecule is CNc1ccc(NC)c(-c2ccc(-c3nc(-c4ccc(-c5cc(NC)ccc5NC)cc4)c(-c4ccccc4)nc3-c3ccccc3)cc2)c1. The van der Waals surface area contributed by atoms with E-state index in [1.54, 1.807) is 0 Å². The molecular weight excluding hydrogens is 613 g/mol. The third-order valence-corrected chi connectivity index (χ3v) is 9.08. The van der Waals surface area contributed by atoms with Crippen LogP contribution in [0.1, 0.15) is 0 Å². The standard InChI is InChI=1S/C44H40N6/c1-45-35-23-25-39(47-3)37(27-35)29-15-19-33(20-16-29)43-41(31-11-7-5-8-12-31)49-42(32-13-9-6-10-14-32)44(50-43)34-21-17-30(18-22-34)38-28-36(46-2)24-26-40(38)48-4/h5-28,45-48H,1-4H3. The molecule has 0 spiro atoms. The van der Waals surface area contributed by atoms with Crippen LogP contribution in [-0.4, -0.2) is 38.2 Å². The van der Waals surface area contributed by atoms with Gasteiger partial charge in [-0.15, -0.1) is 0 Å². The number of nitrogens with one attached hydrogen (secondary N) is 4. The lowest BCUT2D eigenvalue weighted by Gasteiger charge is -2.17. The fourth-order valence-electron chi connectivity index (χ4n) is 6.36. The van der Waals surface area contributed by atoms with Gasteiger partial charge >= 0.3 is 0 Å². The third kappa shape index (κ3) is 6.39. The van der Waals surface area contributed by atoms with Gasteiger partial charge in [0.1, 0.15) is 0 Å². The molecule has 0 radical (unpaired) electrons. The maximum atomic E-state index is 5.49. The van der Waals surface area contributed by atoms with Crippen LogP contribution in [0.25, 0.3) is 67.3 Å². The highest BCUT2D eigenvalue weighted by Crippen LogP contribution is 2.39. The number of anilines is 4. The Morgan fingerprint density at radius 3 is 0.960 bits per heavy atom. The van der Waals surface area contributed by atoms with Crippen molar-refractivity contribution >= 4 is 22.7 Å². The molecule has 1 aromatic heterocycles. The minimum absolute atomic E-state index is 0.832. The Morgan fingerprint density at radius 1 is 0.320 bits per heavy atom. The van der Waals surface area contributed by atoms with Crippen molar-refractivity contribution in [1.29, 1.82) is 0 Å². The van der Waals surface area contributed by atoms with E-state index < -0.39 is 0 Å². The highest BCUT2D eigenvalue weighted by Gasteiger charge is 2.20. The third-order valence-electron chi connectivity index (χ3n) is 9.08. The average molecular weight is 653 g/mol. The molecule has 0 saturated carbocycles. The molecule has 0 amide bonds. The number of rotatable bonds is 10. The number of aromatic nitrogens is 2. The van der Waals surface area contributed by atoms with Crippen LogP contribution in [0.3, 0.4) is 0 Å². The fourth-order valence-corrected chi connectivity index (χ4v) is 6.36. The molecule has 0 atom stereocenters. The highest BCUT2D eigenvalue weighted by atomic mass is 14.9. The van der Waals surface area contributed by atoms with Crippen molar-refractivity contribution in [2.75, 3.05) is 49.5 Å². The zero-order chi connectivity index (χ0) is 34.5. The van der Waals surface area contributed by atoms with Crippen LogP contribution < -0.4 is 21.3 Å². The molecule has 6 heteroatoms. The molecule has 7 aromatic rings. The summed E-state index contributed by atoms with van der Waals surface area (Å²) in [6, 6.07) is 50.6. The van der Waals surface area contributed by atoms with Gasteiger partial charge < -0.3 is 21.3 Å². The highest BCUT2D eigenvalue weighted by molar-refractivity contribution is 5.89. The van der Waals surface area contributed by atoms with E-state index in [1.807, 2.05) is 40.3 Å². The number of hydrogen-bond acceptors (Lipinski definition) is 6. The van der Waals surface area contributed by atoms with Crippen LogP contribution in [-0.2, 0) is 0 Å². The minimum atomic E-state index is 0.832. The normalized spacial score (nSPS) is 10.8. The van der Waals surface area contributed by atoms with Gasteiger partial charge in [-0.3, -0.25) is 0 Å². The Bertz CT molecular complexity index is 2070. The number of hydrogen-bond donors (Lipinski definition) is 4. The molecule has 7 rings (SSSR count). The summed E-state index contributed by atoms with van der Waals surface area (Å²) in [7, 11) is 7.79. The Kier molecular flexibility index (Phi) is 9.25. The van der Waals surface area contributed by atoms with E-state index in [9.17, 15) is 0 Å². The summed E-state index contributed by atoms with van der Waals surface area (Å²) in [5.41, 5.74) is 16.1. The van der Waals surface area contributed by atoms with E-state index in [-0.39, 0.29) is 0 Å². The second-order valence-corrected chi connectivity index (χ2v) is 12.0. The van der Waals surface area contributed by atoms with Crippen molar-refractivity contribution in [2.24, 2.45) is 0 Å². The zero-order valence-electron chi connectivity index (χ0n) is 28.8. The first-order valence-electron chi connectivity index (χ1n) is 16.8. The van der Waals surface area contributed by atoms with Gasteiger partial charge in [0.05, 0.1) is 22.8 Å². The van der Waals surface area contributed by atoms with Crippen molar-refractivity contribution in [3.63, 3.8) is 0 Å². The predicted molar refractivity (Wildman–Crippen MR) is 213 cm³/mol. The van der Waals surface area contributed by atoms with E-state index in [2.05, 4.69) is 155 Å². The van der Waals surface area contributed by atoms with Crippen LogP contribution in [0.4, 0.5) is 22.7 Å². The van der Waals surface area contributed by atoms with E-state index in [0.29, 0.717) is 0 Å². The maximum absolute atomic E-state index is 5.49. The lowest BCUT2D eigenvalue weighted by molar-refractivity contribution is 1.21. The summed E-state index contributed by atoms with van der Waals surface area (Å²) < 4.78 is 0. The Labute approximate surface area is 294 Å². The van der Waals surface area contributed by atoms with E-state index in [0.717, 1.165) is 90.0 Å². The first kappa shape index (κ1) is 32.2. The monoisotopic (exact) mass is 652 g/mol. The van der Waals surface area contributed by atoms with Crippen LogP contribution in [0.2, 0.25) is 0 Å². The molecule has 1 heterocycles. The van der Waals surface area contributed by atoms with E-state index in [4.69, 9.17) is 9.97 Å². The topological polar surface area (TPSA) is 73.9 Å². The molecule has 246 valence electrons. The van der Waals surface area contributed by atoms with Crippen LogP contribution >= 0.6 is 0 Å². The van der Waals surface area contributed by atoms with E-state index >= 15 is 0 Å². The average Bonchev–Trinajstić information content (AvgIpc) is 3.20. The fraction of sp³-hybridized carbons (Fsp3) is 0.0909. The molecule has 0 unspecified atom stereocenters. The zero-order valence-corrected chi connectivity index (χ0v) is 28.8. The van der Waals surface area contributed by atoms with E-state index in [1.165, 1.54) is 0 Å². The summed E-state index contributed by atoms with van der Waals surface area (Å²) >= 11 is 0. The Balaban J connectivity index is 1.40. The second-order valence-electron chi connectivity index (χ2n) is 12.0. The summed E-state index contributed by atoms with van der Waals surface area (Å²) in [6.45, 7) is 0. The van der Waals surface area contributed by atoms with Gasteiger partial charge in [-0.1, -0.05) is 109 Å². The molecule has 0 saturated heterocycles. The van der Waals surface area contributed by atoms with Crippen molar-refractivity contribution in [3.05, 3.63) is 146 Å². The molecule has 0 aliphatic heterocycles. The van der Waals surface area contributed by atoms with Gasteiger partial charge in [-0.2, -0.15) is 0 Å². The molecular formula is C44H40N6. The minimum Gasteiger partial charge on any atom is -0.388 e. The van der Waals surface area contributed by atoms with Gasteiger partial charge in [0.15, 0.2) is 0 Å². The maximum Gasteiger partial charge on any atom is 0.0973 e. The molecule has 0 fully saturated rings. The van der Waals surface area contributed by atoms with Gasteiger partial charge in [0, 0.05) is 84.3 Å². The van der Waals surface area contributed by atoms with Crippen LogP contribution in [0, 0.1) is 0 Å². The predicted octanol–water partition coefficient (Wildman–Crippen LogP) is 10.6. The summed E-state index contributed by atoms with van der Waals surface area (Å²) in [6.07, 6.45) is 0. The van der Waals surface area contributed by atoms with Crippen molar-refractivity contribution in [2.45, 2.75) is 0 Å².